The molecule has 0 fully saturated rings. The molecular formula is C13H20N2O2. The van der Waals surface area contributed by atoms with Crippen molar-refractivity contribution in [2.24, 2.45) is 5.10 Å². The van der Waals surface area contributed by atoms with E-state index in [1.165, 1.54) is 6.26 Å². The van der Waals surface area contributed by atoms with Crippen molar-refractivity contribution in [3.05, 3.63) is 23.7 Å². The number of furan rings is 1. The Morgan fingerprint density at radius 2 is 2.00 bits per heavy atom. The van der Waals surface area contributed by atoms with Crippen molar-refractivity contribution in [3.63, 3.8) is 0 Å². The molecule has 4 heteroatoms. The van der Waals surface area contributed by atoms with Gasteiger partial charge in [0.05, 0.1) is 11.8 Å². The number of aryl methyl sites for hydroxylation is 1. The Kier molecular flexibility index (Phi) is 5.46. The van der Waals surface area contributed by atoms with E-state index in [1.807, 2.05) is 0 Å². The summed E-state index contributed by atoms with van der Waals surface area (Å²) in [5, 5.41) is 4.18. The van der Waals surface area contributed by atoms with Gasteiger partial charge in [0.2, 0.25) is 0 Å². The topological polar surface area (TPSA) is 54.6 Å². The number of carbonyl (C=O) groups is 1. The Labute approximate surface area is 102 Å². The highest BCUT2D eigenvalue weighted by atomic mass is 16.3. The maximum atomic E-state index is 11.8. The van der Waals surface area contributed by atoms with Gasteiger partial charge in [-0.1, -0.05) is 26.7 Å². The average molecular weight is 236 g/mol. The maximum Gasteiger partial charge on any atom is 0.274 e. The van der Waals surface area contributed by atoms with Crippen LogP contribution in [-0.2, 0) is 0 Å². The van der Waals surface area contributed by atoms with Gasteiger partial charge in [-0.15, -0.1) is 0 Å². The second-order valence-corrected chi connectivity index (χ2v) is 4.01. The van der Waals surface area contributed by atoms with Gasteiger partial charge >= 0.3 is 0 Å². The third kappa shape index (κ3) is 4.06. The highest BCUT2D eigenvalue weighted by Gasteiger charge is 2.10. The number of amides is 1. The molecule has 1 rings (SSSR count). The van der Waals surface area contributed by atoms with Crippen LogP contribution in [0.5, 0.6) is 0 Å². The molecule has 4 nitrogen and oxygen atoms in total. The molecule has 17 heavy (non-hydrogen) atoms. The van der Waals surface area contributed by atoms with Crippen molar-refractivity contribution in [2.45, 2.75) is 46.5 Å². The fourth-order valence-corrected chi connectivity index (χ4v) is 1.62. The van der Waals surface area contributed by atoms with Crippen LogP contribution in [0, 0.1) is 6.92 Å². The number of rotatable bonds is 6. The van der Waals surface area contributed by atoms with E-state index in [9.17, 15) is 4.79 Å². The SMILES string of the molecule is CCCC(CCC)=NNC(=O)c1ccoc1C. The van der Waals surface area contributed by atoms with Gasteiger partial charge in [0, 0.05) is 5.71 Å². The van der Waals surface area contributed by atoms with Crippen LogP contribution in [-0.4, -0.2) is 11.6 Å². The number of hydrogen-bond donors (Lipinski definition) is 1. The predicted molar refractivity (Wildman–Crippen MR) is 68.2 cm³/mol. The van der Waals surface area contributed by atoms with E-state index in [-0.39, 0.29) is 5.91 Å². The van der Waals surface area contributed by atoms with Crippen LogP contribution in [0.4, 0.5) is 0 Å². The Bertz CT molecular complexity index is 386. The van der Waals surface area contributed by atoms with Crippen molar-refractivity contribution < 1.29 is 9.21 Å². The number of nitrogens with zero attached hydrogens (tertiary/aromatic N) is 1. The summed E-state index contributed by atoms with van der Waals surface area (Å²) in [5.41, 5.74) is 4.17. The Morgan fingerprint density at radius 1 is 1.35 bits per heavy atom. The number of hydrazone groups is 1. The van der Waals surface area contributed by atoms with Crippen molar-refractivity contribution in [2.75, 3.05) is 0 Å². The molecule has 1 aromatic heterocycles. The summed E-state index contributed by atoms with van der Waals surface area (Å²) < 4.78 is 5.08. The van der Waals surface area contributed by atoms with E-state index in [1.54, 1.807) is 13.0 Å². The lowest BCUT2D eigenvalue weighted by Crippen LogP contribution is -2.20. The molecule has 0 bridgehead atoms. The lowest BCUT2D eigenvalue weighted by atomic mass is 10.1. The van der Waals surface area contributed by atoms with Gasteiger partial charge in [0.25, 0.3) is 5.91 Å². The van der Waals surface area contributed by atoms with E-state index >= 15 is 0 Å². The Balaban J connectivity index is 2.61. The van der Waals surface area contributed by atoms with Crippen molar-refractivity contribution in [3.8, 4) is 0 Å². The summed E-state index contributed by atoms with van der Waals surface area (Å²) in [6.07, 6.45) is 5.45. The first kappa shape index (κ1) is 13.5. The zero-order valence-corrected chi connectivity index (χ0v) is 10.7. The fraction of sp³-hybridized carbons (Fsp3) is 0.538. The summed E-state index contributed by atoms with van der Waals surface area (Å²) in [4.78, 5) is 11.8. The smallest absolute Gasteiger partial charge is 0.274 e. The first-order valence-corrected chi connectivity index (χ1v) is 6.08. The third-order valence-electron chi connectivity index (χ3n) is 2.50. The standard InChI is InChI=1S/C13H20N2O2/c1-4-6-11(7-5-2)14-15-13(16)12-8-9-17-10(12)3/h8-9H,4-7H2,1-3H3,(H,15,16). The second kappa shape index (κ2) is 6.89. The van der Waals surface area contributed by atoms with Crippen LogP contribution in [0.1, 0.15) is 55.6 Å². The van der Waals surface area contributed by atoms with Gasteiger partial charge in [-0.2, -0.15) is 5.10 Å². The van der Waals surface area contributed by atoms with Crippen molar-refractivity contribution in [1.29, 1.82) is 0 Å². The summed E-state index contributed by atoms with van der Waals surface area (Å²) in [6, 6.07) is 1.65. The van der Waals surface area contributed by atoms with Gasteiger partial charge in [-0.25, -0.2) is 5.43 Å². The van der Waals surface area contributed by atoms with E-state index in [4.69, 9.17) is 4.42 Å². The molecule has 0 aliphatic heterocycles. The largest absolute Gasteiger partial charge is 0.469 e. The molecule has 0 aliphatic carbocycles. The monoisotopic (exact) mass is 236 g/mol. The molecular weight excluding hydrogens is 216 g/mol. The van der Waals surface area contributed by atoms with Crippen LogP contribution < -0.4 is 5.43 Å². The van der Waals surface area contributed by atoms with E-state index in [2.05, 4.69) is 24.4 Å². The molecule has 1 amide bonds. The zero-order valence-electron chi connectivity index (χ0n) is 10.7. The maximum absolute atomic E-state index is 11.8. The molecule has 0 spiro atoms. The molecule has 0 atom stereocenters. The van der Waals surface area contributed by atoms with Crippen molar-refractivity contribution in [1.82, 2.24) is 5.43 Å². The quantitative estimate of drug-likeness (QED) is 0.608. The van der Waals surface area contributed by atoms with E-state index in [0.29, 0.717) is 11.3 Å². The lowest BCUT2D eigenvalue weighted by Gasteiger charge is -2.04. The average Bonchev–Trinajstić information content (AvgIpc) is 2.72. The number of nitrogens with one attached hydrogen (secondary N) is 1. The lowest BCUT2D eigenvalue weighted by molar-refractivity contribution is 0.0953. The van der Waals surface area contributed by atoms with Crippen LogP contribution in [0.2, 0.25) is 0 Å². The summed E-state index contributed by atoms with van der Waals surface area (Å²) in [6.45, 7) is 5.97. The van der Waals surface area contributed by atoms with Gasteiger partial charge < -0.3 is 4.42 Å². The Hall–Kier alpha value is -1.58. The highest BCUT2D eigenvalue weighted by Crippen LogP contribution is 2.08. The van der Waals surface area contributed by atoms with Crippen LogP contribution in [0.25, 0.3) is 0 Å². The van der Waals surface area contributed by atoms with Crippen LogP contribution in [0.15, 0.2) is 21.8 Å². The van der Waals surface area contributed by atoms with Crippen molar-refractivity contribution >= 4 is 11.6 Å². The van der Waals surface area contributed by atoms with Gasteiger partial charge in [0.15, 0.2) is 0 Å². The molecule has 0 saturated carbocycles. The molecule has 1 N–H and O–H groups in total. The number of carbonyl (C=O) groups excluding carboxylic acids is 1. The first-order valence-electron chi connectivity index (χ1n) is 6.08. The molecule has 0 saturated heterocycles. The molecule has 1 heterocycles. The molecule has 0 aromatic carbocycles. The third-order valence-corrected chi connectivity index (χ3v) is 2.50. The van der Waals surface area contributed by atoms with Gasteiger partial charge in [-0.05, 0) is 25.8 Å². The van der Waals surface area contributed by atoms with Crippen LogP contribution in [0.3, 0.4) is 0 Å². The molecule has 0 aliphatic rings. The van der Waals surface area contributed by atoms with Crippen LogP contribution >= 0.6 is 0 Å². The second-order valence-electron chi connectivity index (χ2n) is 4.01. The van der Waals surface area contributed by atoms with Gasteiger partial charge in [-0.3, -0.25) is 4.79 Å². The van der Waals surface area contributed by atoms with E-state index < -0.39 is 0 Å². The minimum absolute atomic E-state index is 0.207. The predicted octanol–water partition coefficient (Wildman–Crippen LogP) is 3.27. The zero-order chi connectivity index (χ0) is 12.7. The summed E-state index contributed by atoms with van der Waals surface area (Å²) in [5.74, 6) is 0.409. The Morgan fingerprint density at radius 3 is 2.47 bits per heavy atom. The fourth-order valence-electron chi connectivity index (χ4n) is 1.62. The highest BCUT2D eigenvalue weighted by molar-refractivity contribution is 5.96. The first-order chi connectivity index (χ1) is 8.19. The summed E-state index contributed by atoms with van der Waals surface area (Å²) in [7, 11) is 0. The normalized spacial score (nSPS) is 10.1. The minimum atomic E-state index is -0.207. The molecule has 1 aromatic rings. The minimum Gasteiger partial charge on any atom is -0.469 e. The van der Waals surface area contributed by atoms with E-state index in [0.717, 1.165) is 31.4 Å². The number of hydrogen-bond acceptors (Lipinski definition) is 3. The van der Waals surface area contributed by atoms with Gasteiger partial charge in [0.1, 0.15) is 5.76 Å². The molecule has 0 radical (unpaired) electrons. The molecule has 94 valence electrons. The summed E-state index contributed by atoms with van der Waals surface area (Å²) >= 11 is 0. The molecule has 0 unspecified atom stereocenters.